The van der Waals surface area contributed by atoms with Crippen LogP contribution in [-0.4, -0.2) is 27.2 Å². The first-order valence-electron chi connectivity index (χ1n) is 8.88. The predicted molar refractivity (Wildman–Crippen MR) is 107 cm³/mol. The highest BCUT2D eigenvalue weighted by Gasteiger charge is 2.16. The summed E-state index contributed by atoms with van der Waals surface area (Å²) < 4.78 is 37.6. The van der Waals surface area contributed by atoms with Crippen molar-refractivity contribution < 1.29 is 22.7 Å². The van der Waals surface area contributed by atoms with Crippen molar-refractivity contribution in [2.24, 2.45) is 0 Å². The third-order valence-electron chi connectivity index (χ3n) is 4.22. The standard InChI is InChI=1S/C20H22N2O5S/c1-3-14(2)22-28(24,25)17-8-6-16(7-9-17)21-20(23)11-5-15-4-10-18-19(12-15)27-13-26-18/h4-12,14,22H,3,13H2,1-2H3,(H,21,23)/b11-5+/t14-/m0/s1. The van der Waals surface area contributed by atoms with Gasteiger partial charge in [0.15, 0.2) is 11.5 Å². The van der Waals surface area contributed by atoms with E-state index in [9.17, 15) is 13.2 Å². The second-order valence-electron chi connectivity index (χ2n) is 6.39. The Balaban J connectivity index is 1.61. The van der Waals surface area contributed by atoms with E-state index < -0.39 is 10.0 Å². The average Bonchev–Trinajstić information content (AvgIpc) is 3.14. The molecule has 7 nitrogen and oxygen atoms in total. The van der Waals surface area contributed by atoms with Gasteiger partial charge in [-0.15, -0.1) is 0 Å². The number of amides is 1. The normalized spacial score (nSPS) is 14.2. The van der Waals surface area contributed by atoms with Crippen molar-refractivity contribution >= 4 is 27.7 Å². The van der Waals surface area contributed by atoms with E-state index in [-0.39, 0.29) is 23.6 Å². The number of rotatable bonds is 7. The van der Waals surface area contributed by atoms with Crippen LogP contribution in [0.2, 0.25) is 0 Å². The molecule has 2 aromatic rings. The highest BCUT2D eigenvalue weighted by molar-refractivity contribution is 7.89. The maximum Gasteiger partial charge on any atom is 0.248 e. The first-order chi connectivity index (χ1) is 13.4. The molecule has 28 heavy (non-hydrogen) atoms. The molecule has 0 aromatic heterocycles. The highest BCUT2D eigenvalue weighted by atomic mass is 32.2. The number of hydrogen-bond donors (Lipinski definition) is 2. The van der Waals surface area contributed by atoms with Gasteiger partial charge in [0, 0.05) is 17.8 Å². The monoisotopic (exact) mass is 402 g/mol. The molecule has 3 rings (SSSR count). The van der Waals surface area contributed by atoms with Crippen LogP contribution in [0.5, 0.6) is 11.5 Å². The molecule has 1 atom stereocenters. The number of sulfonamides is 1. The summed E-state index contributed by atoms with van der Waals surface area (Å²) in [4.78, 5) is 12.3. The fourth-order valence-corrected chi connectivity index (χ4v) is 3.83. The minimum absolute atomic E-state index is 0.148. The Morgan fingerprint density at radius 1 is 1.14 bits per heavy atom. The molecule has 148 valence electrons. The third kappa shape index (κ3) is 4.90. The van der Waals surface area contributed by atoms with Crippen LogP contribution >= 0.6 is 0 Å². The third-order valence-corrected chi connectivity index (χ3v) is 5.83. The van der Waals surface area contributed by atoms with Gasteiger partial charge in [-0.25, -0.2) is 13.1 Å². The molecular weight excluding hydrogens is 380 g/mol. The van der Waals surface area contributed by atoms with Gasteiger partial charge in [-0.3, -0.25) is 4.79 Å². The van der Waals surface area contributed by atoms with Gasteiger partial charge in [0.2, 0.25) is 22.7 Å². The fraction of sp³-hybridized carbons (Fsp3) is 0.250. The van der Waals surface area contributed by atoms with Crippen LogP contribution < -0.4 is 19.5 Å². The van der Waals surface area contributed by atoms with Gasteiger partial charge >= 0.3 is 0 Å². The van der Waals surface area contributed by atoms with E-state index in [0.29, 0.717) is 23.6 Å². The predicted octanol–water partition coefficient (Wildman–Crippen LogP) is 3.14. The number of carbonyl (C=O) groups is 1. The molecule has 0 saturated carbocycles. The summed E-state index contributed by atoms with van der Waals surface area (Å²) in [7, 11) is -3.57. The second-order valence-corrected chi connectivity index (χ2v) is 8.10. The van der Waals surface area contributed by atoms with Crippen LogP contribution in [0.3, 0.4) is 0 Å². The van der Waals surface area contributed by atoms with Crippen LogP contribution in [0.1, 0.15) is 25.8 Å². The van der Waals surface area contributed by atoms with Crippen molar-refractivity contribution in [3.05, 3.63) is 54.1 Å². The largest absolute Gasteiger partial charge is 0.454 e. The average molecular weight is 402 g/mol. The molecule has 2 aromatic carbocycles. The van der Waals surface area contributed by atoms with Crippen LogP contribution in [0.25, 0.3) is 6.08 Å². The number of ether oxygens (including phenoxy) is 2. The summed E-state index contributed by atoms with van der Waals surface area (Å²) in [5.74, 6) is 0.996. The lowest BCUT2D eigenvalue weighted by molar-refractivity contribution is -0.111. The molecule has 0 radical (unpaired) electrons. The lowest BCUT2D eigenvalue weighted by Crippen LogP contribution is -2.31. The molecule has 0 saturated heterocycles. The Labute approximate surface area is 164 Å². The zero-order valence-electron chi connectivity index (χ0n) is 15.6. The lowest BCUT2D eigenvalue weighted by Gasteiger charge is -2.12. The molecule has 2 N–H and O–H groups in total. The number of carbonyl (C=O) groups excluding carboxylic acids is 1. The molecule has 1 amide bonds. The van der Waals surface area contributed by atoms with E-state index in [0.717, 1.165) is 5.56 Å². The van der Waals surface area contributed by atoms with Gasteiger partial charge in [0.25, 0.3) is 0 Å². The highest BCUT2D eigenvalue weighted by Crippen LogP contribution is 2.32. The summed E-state index contributed by atoms with van der Waals surface area (Å²) in [6.07, 6.45) is 3.75. The minimum atomic E-state index is -3.57. The SMILES string of the molecule is CC[C@H](C)NS(=O)(=O)c1ccc(NC(=O)/C=C/c2ccc3c(c2)OCO3)cc1. The second kappa shape index (κ2) is 8.45. The summed E-state index contributed by atoms with van der Waals surface area (Å²) in [5, 5.41) is 2.70. The fourth-order valence-electron chi connectivity index (χ4n) is 2.51. The van der Waals surface area contributed by atoms with Crippen molar-refractivity contribution in [3.8, 4) is 11.5 Å². The number of benzene rings is 2. The zero-order valence-corrected chi connectivity index (χ0v) is 16.5. The van der Waals surface area contributed by atoms with E-state index in [4.69, 9.17) is 9.47 Å². The molecule has 1 aliphatic rings. The number of nitrogens with one attached hydrogen (secondary N) is 2. The molecule has 0 bridgehead atoms. The van der Waals surface area contributed by atoms with E-state index >= 15 is 0 Å². The summed E-state index contributed by atoms with van der Waals surface area (Å²) in [6, 6.07) is 11.3. The number of fused-ring (bicyclic) bond motifs is 1. The zero-order chi connectivity index (χ0) is 20.1. The molecule has 1 heterocycles. The van der Waals surface area contributed by atoms with Gasteiger partial charge in [-0.05, 0) is 61.4 Å². The van der Waals surface area contributed by atoms with Crippen molar-refractivity contribution in [3.63, 3.8) is 0 Å². The topological polar surface area (TPSA) is 93.7 Å². The van der Waals surface area contributed by atoms with Gasteiger partial charge in [-0.2, -0.15) is 0 Å². The van der Waals surface area contributed by atoms with Gasteiger partial charge < -0.3 is 14.8 Å². The van der Waals surface area contributed by atoms with E-state index in [1.807, 2.05) is 13.0 Å². The Morgan fingerprint density at radius 3 is 2.57 bits per heavy atom. The van der Waals surface area contributed by atoms with Gasteiger partial charge in [-0.1, -0.05) is 13.0 Å². The molecule has 1 aliphatic heterocycles. The summed E-state index contributed by atoms with van der Waals surface area (Å²) in [5.41, 5.74) is 1.31. The lowest BCUT2D eigenvalue weighted by atomic mass is 10.2. The Morgan fingerprint density at radius 2 is 1.86 bits per heavy atom. The van der Waals surface area contributed by atoms with Gasteiger partial charge in [0.05, 0.1) is 4.90 Å². The molecule has 0 aliphatic carbocycles. The van der Waals surface area contributed by atoms with Crippen molar-refractivity contribution in [2.75, 3.05) is 12.1 Å². The van der Waals surface area contributed by atoms with Gasteiger partial charge in [0.1, 0.15) is 0 Å². The van der Waals surface area contributed by atoms with Crippen molar-refractivity contribution in [1.82, 2.24) is 4.72 Å². The van der Waals surface area contributed by atoms with E-state index in [1.165, 1.54) is 18.2 Å². The Kier molecular flexibility index (Phi) is 6.01. The maximum atomic E-state index is 12.2. The van der Waals surface area contributed by atoms with E-state index in [2.05, 4.69) is 10.0 Å². The molecule has 0 unspecified atom stereocenters. The molecule has 0 spiro atoms. The Hall–Kier alpha value is -2.84. The minimum Gasteiger partial charge on any atom is -0.454 e. The smallest absolute Gasteiger partial charge is 0.248 e. The van der Waals surface area contributed by atoms with E-state index in [1.54, 1.807) is 37.3 Å². The summed E-state index contributed by atoms with van der Waals surface area (Å²) >= 11 is 0. The summed E-state index contributed by atoms with van der Waals surface area (Å²) in [6.45, 7) is 3.91. The first kappa shape index (κ1) is 19.9. The van der Waals surface area contributed by atoms with Crippen LogP contribution in [0.4, 0.5) is 5.69 Å². The number of hydrogen-bond acceptors (Lipinski definition) is 5. The number of anilines is 1. The van der Waals surface area contributed by atoms with Crippen LogP contribution in [-0.2, 0) is 14.8 Å². The molecular formula is C20H22N2O5S. The van der Waals surface area contributed by atoms with Crippen LogP contribution in [0.15, 0.2) is 53.4 Å². The Bertz CT molecular complexity index is 984. The molecule has 8 heteroatoms. The maximum absolute atomic E-state index is 12.2. The van der Waals surface area contributed by atoms with Crippen molar-refractivity contribution in [1.29, 1.82) is 0 Å². The van der Waals surface area contributed by atoms with Crippen LogP contribution in [0, 0.1) is 0 Å². The molecule has 0 fully saturated rings. The quantitative estimate of drug-likeness (QED) is 0.694. The first-order valence-corrected chi connectivity index (χ1v) is 10.4. The van der Waals surface area contributed by atoms with Crippen molar-refractivity contribution in [2.45, 2.75) is 31.2 Å².